The topological polar surface area (TPSA) is 46.9 Å². The highest BCUT2D eigenvalue weighted by molar-refractivity contribution is 6.58. The van der Waals surface area contributed by atoms with Crippen LogP contribution in [0.5, 0.6) is 0 Å². The first-order valence-electron chi connectivity index (χ1n) is 5.67. The second-order valence-electron chi connectivity index (χ2n) is 4.93. The zero-order valence-electron chi connectivity index (χ0n) is 11.0. The maximum absolute atomic E-state index is 9.27. The molecule has 0 atom stereocenters. The Labute approximate surface area is 104 Å². The lowest BCUT2D eigenvalue weighted by Gasteiger charge is -2.15. The van der Waals surface area contributed by atoms with Crippen molar-refractivity contribution in [2.75, 3.05) is 28.2 Å². The first-order chi connectivity index (χ1) is 7.88. The Morgan fingerprint density at radius 2 is 1.29 bits per heavy atom. The van der Waals surface area contributed by atoms with Crippen molar-refractivity contribution in [3.63, 3.8) is 0 Å². The Bertz CT molecular complexity index is 339. The highest BCUT2D eigenvalue weighted by Crippen LogP contribution is 2.07. The predicted molar refractivity (Wildman–Crippen MR) is 71.0 cm³/mol. The molecule has 0 amide bonds. The van der Waals surface area contributed by atoms with Crippen LogP contribution in [0.4, 0.5) is 0 Å². The maximum Gasteiger partial charge on any atom is 0.488 e. The smallest absolute Gasteiger partial charge is 0.423 e. The first kappa shape index (κ1) is 14.2. The minimum absolute atomic E-state index is 0.557. The number of benzene rings is 1. The third kappa shape index (κ3) is 4.87. The molecular weight excluding hydrogens is 215 g/mol. The molecule has 0 fully saturated rings. The quantitative estimate of drug-likeness (QED) is 0.676. The summed E-state index contributed by atoms with van der Waals surface area (Å²) < 4.78 is 0. The fraction of sp³-hybridized carbons (Fsp3) is 0.500. The van der Waals surface area contributed by atoms with Gasteiger partial charge in [-0.2, -0.15) is 0 Å². The Kier molecular flexibility index (Phi) is 5.14. The summed E-state index contributed by atoms with van der Waals surface area (Å²) in [6.45, 7) is 1.59. The SMILES string of the molecule is CN(C)Cc1cc(CN(C)C)cc(B(O)O)c1. The summed E-state index contributed by atoms with van der Waals surface area (Å²) in [4.78, 5) is 4.12. The van der Waals surface area contributed by atoms with Crippen LogP contribution < -0.4 is 5.46 Å². The maximum atomic E-state index is 9.27. The molecule has 1 rings (SSSR count). The molecule has 1 aromatic rings. The Balaban J connectivity index is 3.00. The summed E-state index contributed by atoms with van der Waals surface area (Å²) in [7, 11) is 6.57. The van der Waals surface area contributed by atoms with Crippen LogP contribution in [0.2, 0.25) is 0 Å². The van der Waals surface area contributed by atoms with Crippen molar-refractivity contribution in [3.05, 3.63) is 29.3 Å². The van der Waals surface area contributed by atoms with Crippen LogP contribution in [-0.4, -0.2) is 55.2 Å². The Morgan fingerprint density at radius 1 is 0.882 bits per heavy atom. The molecule has 0 bridgehead atoms. The van der Waals surface area contributed by atoms with E-state index >= 15 is 0 Å². The molecule has 0 spiro atoms. The molecule has 94 valence electrons. The summed E-state index contributed by atoms with van der Waals surface area (Å²) >= 11 is 0. The van der Waals surface area contributed by atoms with Gasteiger partial charge in [-0.15, -0.1) is 0 Å². The van der Waals surface area contributed by atoms with Gasteiger partial charge in [-0.05, 0) is 44.8 Å². The summed E-state index contributed by atoms with van der Waals surface area (Å²) in [6.07, 6.45) is 0. The molecule has 0 saturated heterocycles. The molecule has 0 saturated carbocycles. The summed E-state index contributed by atoms with van der Waals surface area (Å²) in [6, 6.07) is 5.78. The van der Waals surface area contributed by atoms with Crippen molar-refractivity contribution in [1.29, 1.82) is 0 Å². The molecule has 0 aromatic heterocycles. The van der Waals surface area contributed by atoms with Crippen molar-refractivity contribution < 1.29 is 10.0 Å². The second kappa shape index (κ2) is 6.16. The van der Waals surface area contributed by atoms with Crippen LogP contribution in [0, 0.1) is 0 Å². The van der Waals surface area contributed by atoms with E-state index in [2.05, 4.69) is 15.9 Å². The van der Waals surface area contributed by atoms with E-state index in [4.69, 9.17) is 0 Å². The first-order valence-corrected chi connectivity index (χ1v) is 5.67. The molecule has 5 heteroatoms. The van der Waals surface area contributed by atoms with E-state index < -0.39 is 7.12 Å². The average Bonchev–Trinajstić information content (AvgIpc) is 2.14. The van der Waals surface area contributed by atoms with E-state index in [1.165, 1.54) is 0 Å². The number of nitrogens with zero attached hydrogens (tertiary/aromatic N) is 2. The van der Waals surface area contributed by atoms with Gasteiger partial charge < -0.3 is 19.8 Å². The normalized spacial score (nSPS) is 11.3. The molecule has 0 heterocycles. The molecule has 17 heavy (non-hydrogen) atoms. The molecule has 2 N–H and O–H groups in total. The van der Waals surface area contributed by atoms with Gasteiger partial charge in [-0.3, -0.25) is 0 Å². The predicted octanol–water partition coefficient (Wildman–Crippen LogP) is -0.510. The van der Waals surface area contributed by atoms with Crippen LogP contribution in [0.15, 0.2) is 18.2 Å². The van der Waals surface area contributed by atoms with Gasteiger partial charge >= 0.3 is 7.12 Å². The molecule has 4 nitrogen and oxygen atoms in total. The van der Waals surface area contributed by atoms with Gasteiger partial charge in [-0.1, -0.05) is 18.2 Å². The fourth-order valence-electron chi connectivity index (χ4n) is 1.85. The number of hydrogen-bond acceptors (Lipinski definition) is 4. The monoisotopic (exact) mass is 236 g/mol. The lowest BCUT2D eigenvalue weighted by Crippen LogP contribution is -2.31. The van der Waals surface area contributed by atoms with Gasteiger partial charge in [-0.25, -0.2) is 0 Å². The van der Waals surface area contributed by atoms with Gasteiger partial charge in [0.15, 0.2) is 0 Å². The van der Waals surface area contributed by atoms with Crippen molar-refractivity contribution >= 4 is 12.6 Å². The van der Waals surface area contributed by atoms with Crippen LogP contribution in [-0.2, 0) is 13.1 Å². The van der Waals surface area contributed by atoms with E-state index in [9.17, 15) is 10.0 Å². The average molecular weight is 236 g/mol. The number of rotatable bonds is 5. The van der Waals surface area contributed by atoms with Gasteiger partial charge in [0.05, 0.1) is 0 Å². The van der Waals surface area contributed by atoms with Crippen LogP contribution in [0.3, 0.4) is 0 Å². The second-order valence-corrected chi connectivity index (χ2v) is 4.93. The van der Waals surface area contributed by atoms with Crippen LogP contribution >= 0.6 is 0 Å². The minimum atomic E-state index is -1.40. The molecule has 1 aromatic carbocycles. The molecule has 0 aliphatic carbocycles. The summed E-state index contributed by atoms with van der Waals surface area (Å²) in [5.41, 5.74) is 2.75. The summed E-state index contributed by atoms with van der Waals surface area (Å²) in [5, 5.41) is 18.5. The minimum Gasteiger partial charge on any atom is -0.423 e. The molecule has 0 aliphatic rings. The Hall–Kier alpha value is -0.875. The van der Waals surface area contributed by atoms with Gasteiger partial charge in [0, 0.05) is 13.1 Å². The molecule has 0 radical (unpaired) electrons. The van der Waals surface area contributed by atoms with E-state index in [0.29, 0.717) is 5.46 Å². The van der Waals surface area contributed by atoms with E-state index in [0.717, 1.165) is 24.2 Å². The van der Waals surface area contributed by atoms with Gasteiger partial charge in [0.2, 0.25) is 0 Å². The van der Waals surface area contributed by atoms with Crippen molar-refractivity contribution in [1.82, 2.24) is 9.80 Å². The lowest BCUT2D eigenvalue weighted by molar-refractivity contribution is 0.395. The molecular formula is C12H21BN2O2. The van der Waals surface area contributed by atoms with Crippen LogP contribution in [0.1, 0.15) is 11.1 Å². The van der Waals surface area contributed by atoms with Gasteiger partial charge in [0.25, 0.3) is 0 Å². The van der Waals surface area contributed by atoms with Crippen molar-refractivity contribution in [2.24, 2.45) is 0 Å². The lowest BCUT2D eigenvalue weighted by atomic mass is 9.78. The van der Waals surface area contributed by atoms with E-state index in [1.54, 1.807) is 0 Å². The highest BCUT2D eigenvalue weighted by atomic mass is 16.4. The van der Waals surface area contributed by atoms with E-state index in [1.807, 2.05) is 40.3 Å². The van der Waals surface area contributed by atoms with Crippen LogP contribution in [0.25, 0.3) is 0 Å². The zero-order valence-corrected chi connectivity index (χ0v) is 11.0. The standard InChI is InChI=1S/C12H21BN2O2/c1-14(2)8-10-5-11(9-15(3)4)7-12(6-10)13(16)17/h5-7,16-17H,8-9H2,1-4H3. The van der Waals surface area contributed by atoms with E-state index in [-0.39, 0.29) is 0 Å². The molecule has 0 unspecified atom stereocenters. The third-order valence-electron chi connectivity index (χ3n) is 2.37. The van der Waals surface area contributed by atoms with Gasteiger partial charge in [0.1, 0.15) is 0 Å². The summed E-state index contributed by atoms with van der Waals surface area (Å²) in [5.74, 6) is 0. The van der Waals surface area contributed by atoms with Crippen molar-refractivity contribution in [2.45, 2.75) is 13.1 Å². The Morgan fingerprint density at radius 3 is 1.59 bits per heavy atom. The fourth-order valence-corrected chi connectivity index (χ4v) is 1.85. The highest BCUT2D eigenvalue weighted by Gasteiger charge is 2.13. The van der Waals surface area contributed by atoms with Crippen molar-refractivity contribution in [3.8, 4) is 0 Å². The number of hydrogen-bond donors (Lipinski definition) is 2. The third-order valence-corrected chi connectivity index (χ3v) is 2.37. The zero-order chi connectivity index (χ0) is 13.0. The largest absolute Gasteiger partial charge is 0.488 e. The molecule has 0 aliphatic heterocycles.